The predicted octanol–water partition coefficient (Wildman–Crippen LogP) is 3.41. The fourth-order valence-electron chi connectivity index (χ4n) is 2.54. The van der Waals surface area contributed by atoms with E-state index in [0.29, 0.717) is 12.1 Å². The van der Waals surface area contributed by atoms with E-state index in [1.807, 2.05) is 0 Å². The maximum Gasteiger partial charge on any atom is 0.0194 e. The van der Waals surface area contributed by atoms with E-state index in [2.05, 4.69) is 62.1 Å². The average Bonchev–Trinajstić information content (AvgIpc) is 2.68. The van der Waals surface area contributed by atoms with E-state index in [-0.39, 0.29) is 0 Å². The Kier molecular flexibility index (Phi) is 4.52. The number of hydrogen-bond acceptors (Lipinski definition) is 2. The van der Waals surface area contributed by atoms with Crippen LogP contribution in [0.3, 0.4) is 0 Å². The molecule has 0 saturated carbocycles. The molecule has 1 fully saturated rings. The first kappa shape index (κ1) is 13.0. The normalized spacial score (nSPS) is 26.1. The lowest BCUT2D eigenvalue weighted by molar-refractivity contribution is 0.441. The van der Waals surface area contributed by atoms with Crippen molar-refractivity contribution < 1.29 is 0 Å². The van der Waals surface area contributed by atoms with Crippen molar-refractivity contribution in [2.24, 2.45) is 0 Å². The van der Waals surface area contributed by atoms with Crippen LogP contribution in [-0.4, -0.2) is 23.1 Å². The number of nitrogens with one attached hydrogen (secondary N) is 1. The fourth-order valence-corrected chi connectivity index (χ4v) is 3.75. The molecule has 0 aromatic heterocycles. The SMILES string of the molecule is Cc1ccccc1CC(C)NC1CCSC1C. The van der Waals surface area contributed by atoms with E-state index < -0.39 is 0 Å². The van der Waals surface area contributed by atoms with E-state index in [0.717, 1.165) is 11.7 Å². The van der Waals surface area contributed by atoms with Crippen LogP contribution in [-0.2, 0) is 6.42 Å². The molecule has 1 aliphatic rings. The third-order valence-electron chi connectivity index (χ3n) is 3.66. The standard InChI is InChI=1S/C15H23NS/c1-11-6-4-5-7-14(11)10-12(2)16-15-8-9-17-13(15)3/h4-7,12-13,15-16H,8-10H2,1-3H3. The second-order valence-electron chi connectivity index (χ2n) is 5.17. The summed E-state index contributed by atoms with van der Waals surface area (Å²) in [5.41, 5.74) is 2.89. The van der Waals surface area contributed by atoms with Crippen LogP contribution in [0.25, 0.3) is 0 Å². The quantitative estimate of drug-likeness (QED) is 0.877. The van der Waals surface area contributed by atoms with E-state index in [1.165, 1.54) is 23.3 Å². The second kappa shape index (κ2) is 5.92. The van der Waals surface area contributed by atoms with Gasteiger partial charge in [-0.25, -0.2) is 0 Å². The van der Waals surface area contributed by atoms with Crippen LogP contribution in [0, 0.1) is 6.92 Å². The first-order chi connectivity index (χ1) is 8.16. The number of hydrogen-bond donors (Lipinski definition) is 1. The van der Waals surface area contributed by atoms with E-state index in [9.17, 15) is 0 Å². The summed E-state index contributed by atoms with van der Waals surface area (Å²) in [4.78, 5) is 0. The summed E-state index contributed by atoms with van der Waals surface area (Å²) < 4.78 is 0. The minimum Gasteiger partial charge on any atom is -0.310 e. The summed E-state index contributed by atoms with van der Waals surface area (Å²) in [5.74, 6) is 1.32. The van der Waals surface area contributed by atoms with Gasteiger partial charge in [0.1, 0.15) is 0 Å². The lowest BCUT2D eigenvalue weighted by Crippen LogP contribution is -2.40. The van der Waals surface area contributed by atoms with E-state index in [4.69, 9.17) is 0 Å². The molecule has 0 spiro atoms. The van der Waals surface area contributed by atoms with Gasteiger partial charge in [-0.2, -0.15) is 11.8 Å². The molecule has 0 radical (unpaired) electrons. The zero-order valence-corrected chi connectivity index (χ0v) is 11.9. The molecular weight excluding hydrogens is 226 g/mol. The van der Waals surface area contributed by atoms with Gasteiger partial charge in [0.05, 0.1) is 0 Å². The average molecular weight is 249 g/mol. The zero-order chi connectivity index (χ0) is 12.3. The van der Waals surface area contributed by atoms with Crippen molar-refractivity contribution in [3.63, 3.8) is 0 Å². The molecule has 1 heterocycles. The molecule has 0 amide bonds. The summed E-state index contributed by atoms with van der Waals surface area (Å²) in [6.45, 7) is 6.86. The van der Waals surface area contributed by atoms with Gasteiger partial charge in [0, 0.05) is 17.3 Å². The number of rotatable bonds is 4. The van der Waals surface area contributed by atoms with Crippen LogP contribution >= 0.6 is 11.8 Å². The first-order valence-corrected chi connectivity index (χ1v) is 7.64. The third-order valence-corrected chi connectivity index (χ3v) is 4.99. The first-order valence-electron chi connectivity index (χ1n) is 6.59. The van der Waals surface area contributed by atoms with Gasteiger partial charge in [-0.05, 0) is 43.6 Å². The highest BCUT2D eigenvalue weighted by Gasteiger charge is 2.24. The molecule has 1 N–H and O–H groups in total. The van der Waals surface area contributed by atoms with Gasteiger partial charge in [-0.3, -0.25) is 0 Å². The molecule has 1 aliphatic heterocycles. The van der Waals surface area contributed by atoms with E-state index in [1.54, 1.807) is 0 Å². The Bertz CT molecular complexity index is 364. The summed E-state index contributed by atoms with van der Waals surface area (Å²) >= 11 is 2.09. The van der Waals surface area contributed by atoms with Gasteiger partial charge < -0.3 is 5.32 Å². The molecule has 0 bridgehead atoms. The van der Waals surface area contributed by atoms with Gasteiger partial charge in [0.25, 0.3) is 0 Å². The van der Waals surface area contributed by atoms with E-state index >= 15 is 0 Å². The molecule has 17 heavy (non-hydrogen) atoms. The molecule has 94 valence electrons. The molecule has 1 nitrogen and oxygen atoms in total. The summed E-state index contributed by atoms with van der Waals surface area (Å²) in [7, 11) is 0. The van der Waals surface area contributed by atoms with Crippen molar-refractivity contribution >= 4 is 11.8 Å². The topological polar surface area (TPSA) is 12.0 Å². The molecule has 3 atom stereocenters. The monoisotopic (exact) mass is 249 g/mol. The highest BCUT2D eigenvalue weighted by molar-refractivity contribution is 8.00. The van der Waals surface area contributed by atoms with Gasteiger partial charge in [-0.15, -0.1) is 0 Å². The lowest BCUT2D eigenvalue weighted by atomic mass is 10.0. The smallest absolute Gasteiger partial charge is 0.0194 e. The van der Waals surface area contributed by atoms with Crippen molar-refractivity contribution in [3.8, 4) is 0 Å². The van der Waals surface area contributed by atoms with Crippen LogP contribution < -0.4 is 5.32 Å². The number of thioether (sulfide) groups is 1. The van der Waals surface area contributed by atoms with Crippen LogP contribution in [0.4, 0.5) is 0 Å². The summed E-state index contributed by atoms with van der Waals surface area (Å²) in [6, 6.07) is 9.99. The lowest BCUT2D eigenvalue weighted by Gasteiger charge is -2.22. The molecule has 3 unspecified atom stereocenters. The van der Waals surface area contributed by atoms with Crippen molar-refractivity contribution in [3.05, 3.63) is 35.4 Å². The van der Waals surface area contributed by atoms with Crippen molar-refractivity contribution in [2.45, 2.75) is 50.9 Å². The predicted molar refractivity (Wildman–Crippen MR) is 77.8 cm³/mol. The molecule has 1 saturated heterocycles. The van der Waals surface area contributed by atoms with Crippen LogP contribution in [0.2, 0.25) is 0 Å². The highest BCUT2D eigenvalue weighted by atomic mass is 32.2. The Morgan fingerprint density at radius 3 is 2.82 bits per heavy atom. The second-order valence-corrected chi connectivity index (χ2v) is 6.65. The Morgan fingerprint density at radius 2 is 2.18 bits per heavy atom. The zero-order valence-electron chi connectivity index (χ0n) is 11.1. The molecule has 2 heteroatoms. The van der Waals surface area contributed by atoms with Crippen LogP contribution in [0.5, 0.6) is 0 Å². The summed E-state index contributed by atoms with van der Waals surface area (Å²) in [6.07, 6.45) is 2.46. The van der Waals surface area contributed by atoms with Gasteiger partial charge >= 0.3 is 0 Å². The van der Waals surface area contributed by atoms with Crippen molar-refractivity contribution in [2.75, 3.05) is 5.75 Å². The van der Waals surface area contributed by atoms with Crippen LogP contribution in [0.1, 0.15) is 31.4 Å². The Morgan fingerprint density at radius 1 is 1.41 bits per heavy atom. The van der Waals surface area contributed by atoms with Crippen molar-refractivity contribution in [1.29, 1.82) is 0 Å². The Labute approximate surface area is 109 Å². The molecule has 1 aromatic rings. The minimum absolute atomic E-state index is 0.572. The molecule has 2 rings (SSSR count). The fraction of sp³-hybridized carbons (Fsp3) is 0.600. The molecule has 0 aliphatic carbocycles. The molecule has 1 aromatic carbocycles. The minimum atomic E-state index is 0.572. The molecular formula is C15H23NS. The third kappa shape index (κ3) is 3.49. The Hall–Kier alpha value is -0.470. The number of aryl methyl sites for hydroxylation is 1. The van der Waals surface area contributed by atoms with Gasteiger partial charge in [0.15, 0.2) is 0 Å². The maximum absolute atomic E-state index is 3.78. The van der Waals surface area contributed by atoms with Crippen LogP contribution in [0.15, 0.2) is 24.3 Å². The highest BCUT2D eigenvalue weighted by Crippen LogP contribution is 2.26. The Balaban J connectivity index is 1.89. The maximum atomic E-state index is 3.78. The number of benzene rings is 1. The van der Waals surface area contributed by atoms with Gasteiger partial charge in [0.2, 0.25) is 0 Å². The van der Waals surface area contributed by atoms with Gasteiger partial charge in [-0.1, -0.05) is 31.2 Å². The van der Waals surface area contributed by atoms with Crippen molar-refractivity contribution in [1.82, 2.24) is 5.32 Å². The summed E-state index contributed by atoms with van der Waals surface area (Å²) in [5, 5.41) is 4.56. The largest absolute Gasteiger partial charge is 0.310 e.